The summed E-state index contributed by atoms with van der Waals surface area (Å²) in [5.41, 5.74) is 10.9. The number of hydrogen-bond acceptors (Lipinski definition) is 6. The minimum Gasteiger partial charge on any atom is -0.455 e. The Morgan fingerprint density at radius 1 is 0.293 bits per heavy atom. The van der Waals surface area contributed by atoms with Crippen molar-refractivity contribution in [3.63, 3.8) is 0 Å². The lowest BCUT2D eigenvalue weighted by Crippen LogP contribution is -2.00. The molecule has 0 spiro atoms. The zero-order chi connectivity index (χ0) is 38.2. The molecule has 6 nitrogen and oxygen atoms in total. The number of fused-ring (bicyclic) bond motifs is 10. The van der Waals surface area contributed by atoms with E-state index in [9.17, 15) is 0 Å². The second-order valence-electron chi connectivity index (χ2n) is 14.5. The molecule has 0 atom stereocenters. The molecule has 8 aromatic carbocycles. The molecule has 0 aliphatic heterocycles. The highest BCUT2D eigenvalue weighted by Gasteiger charge is 2.21. The third-order valence-corrected chi connectivity index (χ3v) is 11.1. The monoisotopic (exact) mass is 742 g/mol. The van der Waals surface area contributed by atoms with Crippen LogP contribution in [0.4, 0.5) is 0 Å². The molecular weight excluding hydrogens is 713 g/mol. The van der Waals surface area contributed by atoms with Gasteiger partial charge in [0.05, 0.1) is 16.8 Å². The lowest BCUT2D eigenvalue weighted by molar-refractivity contribution is 0.669. The molecular formula is C52H30N4O2. The average Bonchev–Trinajstić information content (AvgIpc) is 3.88. The van der Waals surface area contributed by atoms with E-state index in [-0.39, 0.29) is 0 Å². The van der Waals surface area contributed by atoms with Crippen molar-refractivity contribution in [1.82, 2.24) is 19.9 Å². The summed E-state index contributed by atoms with van der Waals surface area (Å²) < 4.78 is 13.4. The molecule has 0 amide bonds. The smallest absolute Gasteiger partial charge is 0.167 e. The third-order valence-electron chi connectivity index (χ3n) is 11.1. The zero-order valence-corrected chi connectivity index (χ0v) is 30.9. The van der Waals surface area contributed by atoms with Gasteiger partial charge in [0.25, 0.3) is 0 Å². The van der Waals surface area contributed by atoms with Gasteiger partial charge in [-0.2, -0.15) is 0 Å². The number of nitrogens with zero attached hydrogens (tertiary/aromatic N) is 4. The van der Waals surface area contributed by atoms with Gasteiger partial charge < -0.3 is 8.83 Å². The molecule has 0 unspecified atom stereocenters. The van der Waals surface area contributed by atoms with Crippen LogP contribution in [0.3, 0.4) is 0 Å². The van der Waals surface area contributed by atoms with Gasteiger partial charge in [-0.15, -0.1) is 0 Å². The van der Waals surface area contributed by atoms with Gasteiger partial charge in [-0.05, 0) is 29.8 Å². The van der Waals surface area contributed by atoms with Gasteiger partial charge in [-0.1, -0.05) is 158 Å². The standard InChI is InChI=1S/C52H30N4O2/c1-3-13-32(14-4-1)46-41-30-29-39-38-21-11-19-35(47(38)58-49(39)45(41)40-18-7-9-23-43(40)53-46)31-25-27-34(28-26-31)51-54-50(33-15-5-2-6-16-33)55-52(56-51)42-22-12-20-37-36-17-8-10-24-44(36)57-48(37)42/h1-30H. The molecule has 12 rings (SSSR count). The van der Waals surface area contributed by atoms with Crippen molar-refractivity contribution in [2.75, 3.05) is 0 Å². The van der Waals surface area contributed by atoms with Crippen LogP contribution < -0.4 is 0 Å². The third kappa shape index (κ3) is 5.05. The molecule has 0 N–H and O–H groups in total. The predicted molar refractivity (Wildman–Crippen MR) is 234 cm³/mol. The number of pyridine rings is 1. The quantitative estimate of drug-likeness (QED) is 0.163. The van der Waals surface area contributed by atoms with E-state index >= 15 is 0 Å². The molecule has 0 bridgehead atoms. The van der Waals surface area contributed by atoms with Gasteiger partial charge in [-0.25, -0.2) is 19.9 Å². The molecule has 4 aromatic heterocycles. The second-order valence-corrected chi connectivity index (χ2v) is 14.5. The molecule has 0 radical (unpaired) electrons. The maximum atomic E-state index is 6.98. The zero-order valence-electron chi connectivity index (χ0n) is 30.9. The summed E-state index contributed by atoms with van der Waals surface area (Å²) in [5.74, 6) is 1.72. The first-order chi connectivity index (χ1) is 28.7. The van der Waals surface area contributed by atoms with Gasteiger partial charge in [0.1, 0.15) is 22.3 Å². The number of rotatable bonds is 5. The molecule has 0 aliphatic carbocycles. The lowest BCUT2D eigenvalue weighted by Gasteiger charge is -2.10. The fourth-order valence-corrected chi connectivity index (χ4v) is 8.40. The highest BCUT2D eigenvalue weighted by molar-refractivity contribution is 6.25. The van der Waals surface area contributed by atoms with Gasteiger partial charge in [-0.3, -0.25) is 0 Å². The summed E-state index contributed by atoms with van der Waals surface area (Å²) in [6.45, 7) is 0. The topological polar surface area (TPSA) is 77.8 Å². The summed E-state index contributed by atoms with van der Waals surface area (Å²) in [7, 11) is 0. The molecule has 0 saturated carbocycles. The Labute approximate surface area is 331 Å². The average molecular weight is 743 g/mol. The van der Waals surface area contributed by atoms with Gasteiger partial charge in [0.15, 0.2) is 17.5 Å². The fourth-order valence-electron chi connectivity index (χ4n) is 8.40. The van der Waals surface area contributed by atoms with E-state index in [4.69, 9.17) is 28.8 Å². The van der Waals surface area contributed by atoms with Crippen LogP contribution in [0.5, 0.6) is 0 Å². The molecule has 58 heavy (non-hydrogen) atoms. The largest absolute Gasteiger partial charge is 0.455 e. The van der Waals surface area contributed by atoms with E-state index in [1.165, 1.54) is 0 Å². The van der Waals surface area contributed by atoms with Crippen molar-refractivity contribution >= 4 is 65.6 Å². The maximum Gasteiger partial charge on any atom is 0.167 e. The first kappa shape index (κ1) is 32.3. The van der Waals surface area contributed by atoms with Gasteiger partial charge >= 0.3 is 0 Å². The van der Waals surface area contributed by atoms with Crippen LogP contribution in [-0.2, 0) is 0 Å². The minimum absolute atomic E-state index is 0.551. The van der Waals surface area contributed by atoms with E-state index in [1.807, 2.05) is 72.8 Å². The van der Waals surface area contributed by atoms with Crippen LogP contribution in [-0.4, -0.2) is 19.9 Å². The maximum absolute atomic E-state index is 6.98. The van der Waals surface area contributed by atoms with Crippen LogP contribution in [0.2, 0.25) is 0 Å². The number of aromatic nitrogens is 4. The van der Waals surface area contributed by atoms with Crippen molar-refractivity contribution in [3.8, 4) is 56.5 Å². The number of hydrogen-bond donors (Lipinski definition) is 0. The van der Waals surface area contributed by atoms with E-state index in [2.05, 4.69) is 109 Å². The summed E-state index contributed by atoms with van der Waals surface area (Å²) in [6.07, 6.45) is 0. The molecule has 4 heterocycles. The van der Waals surface area contributed by atoms with E-state index in [0.717, 1.165) is 105 Å². The summed E-state index contributed by atoms with van der Waals surface area (Å²) in [6, 6.07) is 62.1. The van der Waals surface area contributed by atoms with Crippen LogP contribution in [0.1, 0.15) is 0 Å². The Hall–Kier alpha value is -7.96. The highest BCUT2D eigenvalue weighted by Crippen LogP contribution is 2.43. The Bertz CT molecular complexity index is 3560. The Balaban J connectivity index is 1.00. The predicted octanol–water partition coefficient (Wildman–Crippen LogP) is 13.7. The van der Waals surface area contributed by atoms with Crippen molar-refractivity contribution < 1.29 is 8.83 Å². The number of furan rings is 2. The summed E-state index contributed by atoms with van der Waals surface area (Å²) in [4.78, 5) is 20.2. The first-order valence-corrected chi connectivity index (χ1v) is 19.3. The van der Waals surface area contributed by atoms with Crippen molar-refractivity contribution in [1.29, 1.82) is 0 Å². The van der Waals surface area contributed by atoms with Gasteiger partial charge in [0.2, 0.25) is 0 Å². The summed E-state index contributed by atoms with van der Waals surface area (Å²) in [5, 5.41) is 7.41. The van der Waals surface area contributed by atoms with Gasteiger partial charge in [0, 0.05) is 60.0 Å². The molecule has 0 saturated heterocycles. The summed E-state index contributed by atoms with van der Waals surface area (Å²) >= 11 is 0. The highest BCUT2D eigenvalue weighted by atomic mass is 16.3. The van der Waals surface area contributed by atoms with Crippen molar-refractivity contribution in [2.24, 2.45) is 0 Å². The Morgan fingerprint density at radius 2 is 0.828 bits per heavy atom. The molecule has 6 heteroatoms. The van der Waals surface area contributed by atoms with Crippen LogP contribution in [0, 0.1) is 0 Å². The number of benzene rings is 8. The van der Waals surface area contributed by atoms with Crippen LogP contribution in [0.25, 0.3) is 122 Å². The lowest BCUT2D eigenvalue weighted by atomic mass is 9.97. The Morgan fingerprint density at radius 3 is 1.60 bits per heavy atom. The first-order valence-electron chi connectivity index (χ1n) is 19.3. The molecule has 0 fully saturated rings. The molecule has 0 aliphatic rings. The Kier molecular flexibility index (Phi) is 7.13. The number of para-hydroxylation sites is 4. The van der Waals surface area contributed by atoms with Crippen molar-refractivity contribution in [2.45, 2.75) is 0 Å². The van der Waals surface area contributed by atoms with E-state index in [0.29, 0.717) is 17.5 Å². The minimum atomic E-state index is 0.551. The normalized spacial score (nSPS) is 11.8. The molecule has 12 aromatic rings. The molecule has 270 valence electrons. The van der Waals surface area contributed by atoms with Crippen LogP contribution in [0.15, 0.2) is 191 Å². The fraction of sp³-hybridized carbons (Fsp3) is 0. The van der Waals surface area contributed by atoms with E-state index in [1.54, 1.807) is 0 Å². The van der Waals surface area contributed by atoms with Crippen LogP contribution >= 0.6 is 0 Å². The second kappa shape index (κ2) is 12.8. The van der Waals surface area contributed by atoms with Crippen molar-refractivity contribution in [3.05, 3.63) is 182 Å². The van der Waals surface area contributed by atoms with E-state index < -0.39 is 0 Å². The SMILES string of the molecule is c1ccc(-c2nc(-c3ccc(-c4cccc5c4oc4c5ccc5c(-c6ccccc6)nc6ccccc6c54)cc3)nc(-c3cccc4c3oc3ccccc34)n2)cc1.